The van der Waals surface area contributed by atoms with E-state index in [9.17, 15) is 4.79 Å². The molecule has 0 unspecified atom stereocenters. The van der Waals surface area contributed by atoms with Crippen LogP contribution in [-0.4, -0.2) is 11.1 Å². The van der Waals surface area contributed by atoms with Crippen LogP contribution in [0.15, 0.2) is 20.4 Å². The average molecular weight is 312 g/mol. The van der Waals surface area contributed by atoms with Crippen LogP contribution < -0.4 is 0 Å². The lowest BCUT2D eigenvalue weighted by Crippen LogP contribution is -1.84. The molecule has 1 aromatic heterocycles. The molecule has 0 radical (unpaired) electrons. The van der Waals surface area contributed by atoms with Gasteiger partial charge in [0.2, 0.25) is 0 Å². The van der Waals surface area contributed by atoms with E-state index in [4.69, 9.17) is 5.11 Å². The van der Waals surface area contributed by atoms with E-state index in [1.54, 1.807) is 6.08 Å². The maximum atomic E-state index is 10.2. The first kappa shape index (κ1) is 9.95. The Morgan fingerprint density at radius 1 is 1.58 bits per heavy atom. The molecule has 64 valence electrons. The van der Waals surface area contributed by atoms with Crippen LogP contribution in [0.4, 0.5) is 0 Å². The third kappa shape index (κ3) is 2.73. The van der Waals surface area contributed by atoms with E-state index in [2.05, 4.69) is 31.9 Å². The molecule has 0 atom stereocenters. The number of carbonyl (C=O) groups is 1. The Hall–Kier alpha value is -0.130. The van der Waals surface area contributed by atoms with Gasteiger partial charge in [0, 0.05) is 15.4 Å². The summed E-state index contributed by atoms with van der Waals surface area (Å²) in [6.45, 7) is 0. The van der Waals surface area contributed by atoms with Crippen LogP contribution in [0.1, 0.15) is 4.88 Å². The van der Waals surface area contributed by atoms with Crippen molar-refractivity contribution < 1.29 is 9.90 Å². The summed E-state index contributed by atoms with van der Waals surface area (Å²) in [6, 6.07) is 1.86. The van der Waals surface area contributed by atoms with Crippen molar-refractivity contribution in [2.45, 2.75) is 0 Å². The number of hydrogen-bond donors (Lipinski definition) is 1. The maximum Gasteiger partial charge on any atom is 0.328 e. The van der Waals surface area contributed by atoms with E-state index >= 15 is 0 Å². The zero-order valence-electron chi connectivity index (χ0n) is 5.75. The van der Waals surface area contributed by atoms with Crippen LogP contribution in [0, 0.1) is 0 Å². The second-order valence-corrected chi connectivity index (χ2v) is 5.20. The van der Waals surface area contributed by atoms with Crippen LogP contribution >= 0.6 is 43.2 Å². The first-order valence-corrected chi connectivity index (χ1v) is 5.35. The van der Waals surface area contributed by atoms with Crippen molar-refractivity contribution in [1.82, 2.24) is 0 Å². The number of thiophene rings is 1. The quantitative estimate of drug-likeness (QED) is 0.850. The van der Waals surface area contributed by atoms with Gasteiger partial charge in [0.25, 0.3) is 0 Å². The molecule has 0 aromatic carbocycles. The summed E-state index contributed by atoms with van der Waals surface area (Å²) in [5.41, 5.74) is 0. The minimum atomic E-state index is -0.935. The Morgan fingerprint density at radius 3 is 2.67 bits per heavy atom. The second-order valence-electron chi connectivity index (χ2n) is 1.94. The first-order chi connectivity index (χ1) is 5.59. The van der Waals surface area contributed by atoms with E-state index in [1.165, 1.54) is 11.3 Å². The first-order valence-electron chi connectivity index (χ1n) is 2.95. The minimum absolute atomic E-state index is 0.899. The highest BCUT2D eigenvalue weighted by molar-refractivity contribution is 9.13. The van der Waals surface area contributed by atoms with Crippen LogP contribution in [0.5, 0.6) is 0 Å². The fourth-order valence-electron chi connectivity index (χ4n) is 0.599. The van der Waals surface area contributed by atoms with Gasteiger partial charge in [0.1, 0.15) is 0 Å². The molecule has 1 aromatic rings. The van der Waals surface area contributed by atoms with Crippen LogP contribution in [0.25, 0.3) is 6.08 Å². The Labute approximate surface area is 90.2 Å². The monoisotopic (exact) mass is 310 g/mol. The molecular weight excluding hydrogens is 308 g/mol. The fourth-order valence-corrected chi connectivity index (χ4v) is 2.59. The predicted molar refractivity (Wildman–Crippen MR) is 56.4 cm³/mol. The van der Waals surface area contributed by atoms with Gasteiger partial charge in [0.15, 0.2) is 0 Å². The maximum absolute atomic E-state index is 10.2. The van der Waals surface area contributed by atoms with Gasteiger partial charge in [-0.25, -0.2) is 4.79 Å². The van der Waals surface area contributed by atoms with Gasteiger partial charge in [-0.3, -0.25) is 0 Å². The van der Waals surface area contributed by atoms with Gasteiger partial charge < -0.3 is 5.11 Å². The fraction of sp³-hybridized carbons (Fsp3) is 0. The molecule has 1 heterocycles. The summed E-state index contributed by atoms with van der Waals surface area (Å²) in [6.07, 6.45) is 2.67. The SMILES string of the molecule is O=C(O)/C=C/c1cc(Br)c(Br)s1. The van der Waals surface area contributed by atoms with Crippen molar-refractivity contribution >= 4 is 55.2 Å². The normalized spacial score (nSPS) is 10.8. The third-order valence-electron chi connectivity index (χ3n) is 1.05. The smallest absolute Gasteiger partial charge is 0.328 e. The lowest BCUT2D eigenvalue weighted by atomic mass is 10.4. The summed E-state index contributed by atoms with van der Waals surface area (Å²) in [4.78, 5) is 11.1. The molecule has 0 aliphatic heterocycles. The van der Waals surface area contributed by atoms with Crippen LogP contribution in [0.2, 0.25) is 0 Å². The third-order valence-corrected chi connectivity index (χ3v) is 4.28. The molecule has 5 heteroatoms. The molecule has 12 heavy (non-hydrogen) atoms. The zero-order valence-corrected chi connectivity index (χ0v) is 9.74. The number of aliphatic carboxylic acids is 1. The van der Waals surface area contributed by atoms with Crippen molar-refractivity contribution in [3.63, 3.8) is 0 Å². The molecule has 0 fully saturated rings. The van der Waals surface area contributed by atoms with Crippen molar-refractivity contribution in [1.29, 1.82) is 0 Å². The van der Waals surface area contributed by atoms with E-state index in [1.807, 2.05) is 6.07 Å². The minimum Gasteiger partial charge on any atom is -0.478 e. The predicted octanol–water partition coefficient (Wildman–Crippen LogP) is 3.37. The molecule has 0 amide bonds. The molecule has 0 aliphatic carbocycles. The Kier molecular flexibility index (Phi) is 3.49. The molecule has 0 aliphatic rings. The Balaban J connectivity index is 2.83. The van der Waals surface area contributed by atoms with Gasteiger partial charge in [-0.1, -0.05) is 0 Å². The number of carboxylic acid groups (broad SMARTS) is 1. The van der Waals surface area contributed by atoms with Crippen molar-refractivity contribution in [3.8, 4) is 0 Å². The molecule has 2 nitrogen and oxygen atoms in total. The van der Waals surface area contributed by atoms with E-state index in [-0.39, 0.29) is 0 Å². The number of carboxylic acids is 1. The Morgan fingerprint density at radius 2 is 2.25 bits per heavy atom. The lowest BCUT2D eigenvalue weighted by molar-refractivity contribution is -0.131. The van der Waals surface area contributed by atoms with Gasteiger partial charge >= 0.3 is 5.97 Å². The van der Waals surface area contributed by atoms with Crippen molar-refractivity contribution in [2.24, 2.45) is 0 Å². The topological polar surface area (TPSA) is 37.3 Å². The highest BCUT2D eigenvalue weighted by atomic mass is 79.9. The van der Waals surface area contributed by atoms with Crippen molar-refractivity contribution in [2.75, 3.05) is 0 Å². The summed E-state index contributed by atoms with van der Waals surface area (Å²) in [5.74, 6) is -0.935. The molecule has 0 spiro atoms. The van der Waals surface area contributed by atoms with E-state index in [0.717, 1.165) is 19.2 Å². The lowest BCUT2D eigenvalue weighted by Gasteiger charge is -1.79. The van der Waals surface area contributed by atoms with Gasteiger partial charge in [-0.15, -0.1) is 11.3 Å². The van der Waals surface area contributed by atoms with E-state index in [0.29, 0.717) is 0 Å². The summed E-state index contributed by atoms with van der Waals surface area (Å²) >= 11 is 8.09. The Bertz CT molecular complexity index is 311. The zero-order chi connectivity index (χ0) is 9.14. The van der Waals surface area contributed by atoms with Crippen LogP contribution in [0.3, 0.4) is 0 Å². The summed E-state index contributed by atoms with van der Waals surface area (Å²) in [7, 11) is 0. The summed E-state index contributed by atoms with van der Waals surface area (Å²) < 4.78 is 1.91. The highest BCUT2D eigenvalue weighted by Gasteiger charge is 2.00. The van der Waals surface area contributed by atoms with Gasteiger partial charge in [-0.2, -0.15) is 0 Å². The van der Waals surface area contributed by atoms with Gasteiger partial charge in [0.05, 0.1) is 3.79 Å². The molecule has 0 saturated heterocycles. The number of rotatable bonds is 2. The second kappa shape index (κ2) is 4.20. The number of hydrogen-bond acceptors (Lipinski definition) is 2. The molecule has 1 N–H and O–H groups in total. The largest absolute Gasteiger partial charge is 0.478 e. The molecule has 0 saturated carbocycles. The number of halogens is 2. The van der Waals surface area contributed by atoms with Crippen molar-refractivity contribution in [3.05, 3.63) is 25.3 Å². The van der Waals surface area contributed by atoms with Gasteiger partial charge in [-0.05, 0) is 44.0 Å². The highest BCUT2D eigenvalue weighted by Crippen LogP contribution is 2.32. The molecular formula is C7H4Br2O2S. The average Bonchev–Trinajstić information content (AvgIpc) is 2.28. The van der Waals surface area contributed by atoms with Crippen LogP contribution in [-0.2, 0) is 4.79 Å². The molecule has 1 rings (SSSR count). The summed E-state index contributed by atoms with van der Waals surface area (Å²) in [5, 5.41) is 8.35. The van der Waals surface area contributed by atoms with E-state index < -0.39 is 5.97 Å². The standard InChI is InChI=1S/C7H4Br2O2S/c8-5-3-4(12-7(5)9)1-2-6(10)11/h1-3H,(H,10,11)/b2-1+. The molecule has 0 bridgehead atoms.